The fourth-order valence-electron chi connectivity index (χ4n) is 7.02. The first kappa shape index (κ1) is 64.3. The zero-order valence-electron chi connectivity index (χ0n) is 44.0. The molecule has 0 aromatic carbocycles. The molecule has 6 heteroatoms. The molecule has 1 atom stereocenters. The summed E-state index contributed by atoms with van der Waals surface area (Å²) >= 11 is 0. The maximum atomic E-state index is 12.8. The van der Waals surface area contributed by atoms with Crippen LogP contribution in [0.3, 0.4) is 0 Å². The number of rotatable bonds is 47. The van der Waals surface area contributed by atoms with Crippen LogP contribution in [0, 0.1) is 0 Å². The van der Waals surface area contributed by atoms with Crippen LogP contribution in [-0.2, 0) is 28.6 Å². The lowest BCUT2D eigenvalue weighted by molar-refractivity contribution is -0.167. The van der Waals surface area contributed by atoms with Crippen molar-refractivity contribution in [1.29, 1.82) is 0 Å². The molecule has 386 valence electrons. The zero-order chi connectivity index (χ0) is 50.0. The van der Waals surface area contributed by atoms with E-state index >= 15 is 0 Å². The molecule has 0 fully saturated rings. The van der Waals surface area contributed by atoms with E-state index in [4.69, 9.17) is 14.2 Å². The van der Waals surface area contributed by atoms with E-state index in [2.05, 4.69) is 57.2 Å². The number of hydrogen-bond acceptors (Lipinski definition) is 6. The first-order chi connectivity index (χ1) is 34.0. The Bertz CT molecular complexity index is 1560. The molecule has 0 spiro atoms. The molecule has 0 aliphatic heterocycles. The first-order valence-electron chi connectivity index (χ1n) is 27.5. The van der Waals surface area contributed by atoms with Gasteiger partial charge in [0.2, 0.25) is 0 Å². The van der Waals surface area contributed by atoms with Gasteiger partial charge in [-0.05, 0) is 83.5 Å². The monoisotopic (exact) mass is 951 g/mol. The van der Waals surface area contributed by atoms with E-state index in [9.17, 15) is 14.4 Å². The van der Waals surface area contributed by atoms with E-state index in [0.29, 0.717) is 19.3 Å². The molecule has 0 aliphatic rings. The number of carbonyl (C=O) groups is 3. The minimum absolute atomic E-state index is 0.119. The minimum atomic E-state index is -0.828. The normalized spacial score (nSPS) is 13.3. The van der Waals surface area contributed by atoms with E-state index in [1.54, 1.807) is 0 Å². The average Bonchev–Trinajstić information content (AvgIpc) is 3.35. The highest BCUT2D eigenvalue weighted by Crippen LogP contribution is 2.14. The fraction of sp³-hybridized carbons (Fsp3) is 0.571. The van der Waals surface area contributed by atoms with Gasteiger partial charge in [0.05, 0.1) is 0 Å². The van der Waals surface area contributed by atoms with Gasteiger partial charge in [-0.25, -0.2) is 0 Å². The Morgan fingerprint density at radius 2 is 0.580 bits per heavy atom. The topological polar surface area (TPSA) is 78.9 Å². The van der Waals surface area contributed by atoms with Gasteiger partial charge in [0, 0.05) is 19.3 Å². The highest BCUT2D eigenvalue weighted by Gasteiger charge is 2.19. The predicted molar refractivity (Wildman–Crippen MR) is 297 cm³/mol. The fourth-order valence-corrected chi connectivity index (χ4v) is 7.02. The summed E-state index contributed by atoms with van der Waals surface area (Å²) in [4.78, 5) is 38.1. The lowest BCUT2D eigenvalue weighted by Gasteiger charge is -2.18. The van der Waals surface area contributed by atoms with E-state index in [-0.39, 0.29) is 37.5 Å². The van der Waals surface area contributed by atoms with Crippen molar-refractivity contribution in [3.63, 3.8) is 0 Å². The standard InChI is InChI=1S/C63H98O6/c1-4-7-10-13-16-19-22-25-28-30-31-33-35-38-41-44-47-50-53-56-62(65)68-59-60(58-67-61(64)55-52-49-46-43-40-37-34-27-24-21-18-15-12-9-6-3)69-63(66)57-54-51-48-45-42-39-36-32-29-26-23-20-17-14-11-8-5-2/h8-9,11-12,14-15,17-18,20-21,23-24,26-27,29-32,34,36-37,39-40,42,60H,4-7,10,13,16,19,22,25,28,33,35,38,41,43-59H2,1-3H3/b11-8-,12-9-,17-14-,18-15-,23-20-,24-21-,29-26-,31-30-,34-27-,36-32+,40-37-,42-39-. The Morgan fingerprint density at radius 1 is 0.304 bits per heavy atom. The van der Waals surface area contributed by atoms with Crippen molar-refractivity contribution in [3.05, 3.63) is 146 Å². The second-order valence-electron chi connectivity index (χ2n) is 17.6. The molecular weight excluding hydrogens is 853 g/mol. The summed E-state index contributed by atoms with van der Waals surface area (Å²) in [5, 5.41) is 0. The van der Waals surface area contributed by atoms with Gasteiger partial charge in [-0.2, -0.15) is 0 Å². The van der Waals surface area contributed by atoms with Crippen LogP contribution in [0.1, 0.15) is 213 Å². The smallest absolute Gasteiger partial charge is 0.306 e. The number of esters is 3. The van der Waals surface area contributed by atoms with Gasteiger partial charge in [0.25, 0.3) is 0 Å². The highest BCUT2D eigenvalue weighted by molar-refractivity contribution is 5.71. The molecule has 6 nitrogen and oxygen atoms in total. The summed E-state index contributed by atoms with van der Waals surface area (Å²) in [5.74, 6) is -1.02. The first-order valence-corrected chi connectivity index (χ1v) is 27.5. The van der Waals surface area contributed by atoms with E-state index in [0.717, 1.165) is 77.0 Å². The summed E-state index contributed by atoms with van der Waals surface area (Å²) in [6.45, 7) is 6.26. The van der Waals surface area contributed by atoms with Gasteiger partial charge in [-0.15, -0.1) is 0 Å². The van der Waals surface area contributed by atoms with Crippen molar-refractivity contribution in [2.75, 3.05) is 13.2 Å². The van der Waals surface area contributed by atoms with Crippen molar-refractivity contribution in [3.8, 4) is 0 Å². The second kappa shape index (κ2) is 55.9. The van der Waals surface area contributed by atoms with Crippen molar-refractivity contribution >= 4 is 17.9 Å². The van der Waals surface area contributed by atoms with Crippen molar-refractivity contribution < 1.29 is 28.6 Å². The third-order valence-corrected chi connectivity index (χ3v) is 11.1. The Hall–Kier alpha value is -4.71. The lowest BCUT2D eigenvalue weighted by Crippen LogP contribution is -2.30. The van der Waals surface area contributed by atoms with Crippen LogP contribution >= 0.6 is 0 Å². The summed E-state index contributed by atoms with van der Waals surface area (Å²) in [5.41, 5.74) is 0. The van der Waals surface area contributed by atoms with Gasteiger partial charge >= 0.3 is 17.9 Å². The molecule has 0 aromatic rings. The Labute approximate surface area is 423 Å². The van der Waals surface area contributed by atoms with Crippen molar-refractivity contribution in [1.82, 2.24) is 0 Å². The van der Waals surface area contributed by atoms with Gasteiger partial charge in [0.15, 0.2) is 6.10 Å². The molecule has 0 heterocycles. The Kier molecular flexibility index (Phi) is 52.1. The summed E-state index contributed by atoms with van der Waals surface area (Å²) in [6.07, 6.45) is 79.7. The molecule has 1 unspecified atom stereocenters. The molecule has 69 heavy (non-hydrogen) atoms. The molecule has 0 N–H and O–H groups in total. The lowest BCUT2D eigenvalue weighted by atomic mass is 10.1. The third-order valence-electron chi connectivity index (χ3n) is 11.1. The van der Waals surface area contributed by atoms with Crippen LogP contribution in [0.15, 0.2) is 146 Å². The van der Waals surface area contributed by atoms with Gasteiger partial charge < -0.3 is 14.2 Å². The number of hydrogen-bond donors (Lipinski definition) is 0. The predicted octanol–water partition coefficient (Wildman–Crippen LogP) is 18.4. The van der Waals surface area contributed by atoms with Crippen LogP contribution in [0.2, 0.25) is 0 Å². The van der Waals surface area contributed by atoms with Gasteiger partial charge in [0.1, 0.15) is 13.2 Å². The second-order valence-corrected chi connectivity index (χ2v) is 17.6. The SMILES string of the molecule is CC\C=C/C=C\C=C/C=C\C=C/CCCCCC(=O)OCC(COC(=O)CCCCCCCCC/C=C\CCCCCCCCCC)OC(=O)CCCCC\C=C/C=C/C=C\C=C/C=C\C=C/CC. The molecule has 0 amide bonds. The molecule has 0 aromatic heterocycles. The molecule has 0 aliphatic carbocycles. The number of ether oxygens (including phenoxy) is 3. The minimum Gasteiger partial charge on any atom is -0.462 e. The Morgan fingerprint density at radius 3 is 0.942 bits per heavy atom. The van der Waals surface area contributed by atoms with E-state index in [1.807, 2.05) is 109 Å². The maximum absolute atomic E-state index is 12.8. The van der Waals surface area contributed by atoms with Crippen molar-refractivity contribution in [2.24, 2.45) is 0 Å². The van der Waals surface area contributed by atoms with E-state index in [1.165, 1.54) is 89.9 Å². The maximum Gasteiger partial charge on any atom is 0.306 e. The van der Waals surface area contributed by atoms with Crippen LogP contribution in [0.25, 0.3) is 0 Å². The number of unbranched alkanes of at least 4 members (excludes halogenated alkanes) is 21. The van der Waals surface area contributed by atoms with Crippen LogP contribution in [-0.4, -0.2) is 37.2 Å². The largest absolute Gasteiger partial charge is 0.462 e. The van der Waals surface area contributed by atoms with Crippen molar-refractivity contribution in [2.45, 2.75) is 219 Å². The van der Waals surface area contributed by atoms with Crippen LogP contribution in [0.4, 0.5) is 0 Å². The molecule has 0 radical (unpaired) electrons. The summed E-state index contributed by atoms with van der Waals surface area (Å²) < 4.78 is 16.8. The quantitative estimate of drug-likeness (QED) is 0.0199. The van der Waals surface area contributed by atoms with E-state index < -0.39 is 6.10 Å². The zero-order valence-corrected chi connectivity index (χ0v) is 44.0. The number of carbonyl (C=O) groups excluding carboxylic acids is 3. The average molecular weight is 951 g/mol. The van der Waals surface area contributed by atoms with Gasteiger partial charge in [-0.3, -0.25) is 14.4 Å². The number of allylic oxidation sites excluding steroid dienone is 24. The summed E-state index contributed by atoms with van der Waals surface area (Å²) in [6, 6.07) is 0. The highest BCUT2D eigenvalue weighted by atomic mass is 16.6. The third kappa shape index (κ3) is 54.1. The molecule has 0 saturated carbocycles. The van der Waals surface area contributed by atoms with Crippen LogP contribution in [0.5, 0.6) is 0 Å². The summed E-state index contributed by atoms with van der Waals surface area (Å²) in [7, 11) is 0. The van der Waals surface area contributed by atoms with Crippen LogP contribution < -0.4 is 0 Å². The Balaban J connectivity index is 4.56. The molecule has 0 rings (SSSR count). The van der Waals surface area contributed by atoms with Gasteiger partial charge in [-0.1, -0.05) is 256 Å². The molecule has 0 saturated heterocycles. The molecule has 0 bridgehead atoms. The molecular formula is C63H98O6.